The Morgan fingerprint density at radius 1 is 0.794 bits per heavy atom. The largest absolute Gasteiger partial charge is 0.494 e. The van der Waals surface area contributed by atoms with Gasteiger partial charge in [0.15, 0.2) is 11.5 Å². The Bertz CT molecular complexity index is 1260. The Morgan fingerprint density at radius 2 is 1.35 bits per heavy atom. The molecule has 10 heteroatoms. The smallest absolute Gasteiger partial charge is 0.228 e. The summed E-state index contributed by atoms with van der Waals surface area (Å²) in [6.07, 6.45) is 0. The van der Waals surface area contributed by atoms with Gasteiger partial charge in [-0.3, -0.25) is 0 Å². The highest BCUT2D eigenvalue weighted by Gasteiger charge is 2.24. The molecule has 1 aromatic carbocycles. The van der Waals surface area contributed by atoms with Crippen molar-refractivity contribution < 1.29 is 14.2 Å². The lowest BCUT2D eigenvalue weighted by Gasteiger charge is -2.34. The van der Waals surface area contributed by atoms with Gasteiger partial charge in [0.05, 0.1) is 37.7 Å². The van der Waals surface area contributed by atoms with Gasteiger partial charge >= 0.3 is 0 Å². The van der Waals surface area contributed by atoms with Crippen molar-refractivity contribution in [3.8, 4) is 28.6 Å². The van der Waals surface area contributed by atoms with Gasteiger partial charge < -0.3 is 29.7 Å². The highest BCUT2D eigenvalue weighted by atomic mass is 16.5. The lowest BCUT2D eigenvalue weighted by molar-refractivity contribution is 0.340. The molecule has 1 fully saturated rings. The van der Waals surface area contributed by atoms with Gasteiger partial charge in [-0.2, -0.15) is 4.98 Å². The van der Waals surface area contributed by atoms with E-state index in [2.05, 4.69) is 14.8 Å². The Balaban J connectivity index is 1.34. The molecular formula is C24H27N7O3. The highest BCUT2D eigenvalue weighted by molar-refractivity contribution is 5.91. The molecule has 0 atom stereocenters. The van der Waals surface area contributed by atoms with Crippen LogP contribution in [0.15, 0.2) is 36.4 Å². The van der Waals surface area contributed by atoms with E-state index in [0.29, 0.717) is 35.4 Å². The second-order valence-corrected chi connectivity index (χ2v) is 7.90. The number of ether oxygens (including phenoxy) is 3. The van der Waals surface area contributed by atoms with Crippen molar-refractivity contribution in [1.82, 2.24) is 19.9 Å². The summed E-state index contributed by atoms with van der Waals surface area (Å²) in [5.74, 6) is 3.74. The summed E-state index contributed by atoms with van der Waals surface area (Å²) < 4.78 is 16.3. The number of nitrogens with two attached hydrogens (primary N) is 1. The fourth-order valence-corrected chi connectivity index (χ4v) is 4.10. The van der Waals surface area contributed by atoms with Crippen LogP contribution in [-0.4, -0.2) is 66.9 Å². The van der Waals surface area contributed by atoms with Crippen LogP contribution >= 0.6 is 0 Å². The van der Waals surface area contributed by atoms with Crippen molar-refractivity contribution in [2.24, 2.45) is 0 Å². The Labute approximate surface area is 197 Å². The Morgan fingerprint density at radius 3 is 1.91 bits per heavy atom. The van der Waals surface area contributed by atoms with E-state index in [4.69, 9.17) is 34.9 Å². The Kier molecular flexibility index (Phi) is 5.79. The molecule has 3 aliphatic rings. The summed E-state index contributed by atoms with van der Waals surface area (Å²) >= 11 is 0. The van der Waals surface area contributed by atoms with E-state index in [-0.39, 0.29) is 0 Å². The minimum absolute atomic E-state index is 0.410. The minimum atomic E-state index is 0.410. The Hall–Kier alpha value is -4.08. The number of hydrogen-bond donors (Lipinski definition) is 1. The maximum Gasteiger partial charge on any atom is 0.228 e. The molecule has 1 saturated heterocycles. The van der Waals surface area contributed by atoms with E-state index in [0.717, 1.165) is 54.7 Å². The number of fused-ring (bicyclic) bond motifs is 2. The van der Waals surface area contributed by atoms with Crippen LogP contribution in [0.5, 0.6) is 17.2 Å². The normalized spacial score (nSPS) is 14.0. The van der Waals surface area contributed by atoms with Crippen molar-refractivity contribution in [3.63, 3.8) is 0 Å². The predicted octanol–water partition coefficient (Wildman–Crippen LogP) is 2.85. The van der Waals surface area contributed by atoms with Crippen molar-refractivity contribution in [2.45, 2.75) is 6.92 Å². The molecule has 0 unspecified atom stereocenters. The molecule has 1 aromatic heterocycles. The minimum Gasteiger partial charge on any atom is -0.494 e. The molecule has 0 bridgehead atoms. The zero-order chi connectivity index (χ0) is 23.7. The highest BCUT2D eigenvalue weighted by Crippen LogP contribution is 2.34. The number of nitrogens with zero attached hydrogens (tertiary/aromatic N) is 6. The second kappa shape index (κ2) is 9.05. The first-order valence-corrected chi connectivity index (χ1v) is 11.2. The molecule has 2 aromatic rings. The third-order valence-corrected chi connectivity index (χ3v) is 5.89. The lowest BCUT2D eigenvalue weighted by atomic mass is 10.2. The van der Waals surface area contributed by atoms with Crippen molar-refractivity contribution >= 4 is 28.6 Å². The van der Waals surface area contributed by atoms with Gasteiger partial charge in [0.25, 0.3) is 0 Å². The topological polar surface area (TPSA) is 112 Å². The predicted molar refractivity (Wildman–Crippen MR) is 131 cm³/mol. The number of piperazine rings is 1. The SMILES string of the molecule is CCOc1ccc2nc(N3CCN(c4nc(N)c5cc(OC)c(OC)cc5n4)CC3)nc-2cc1. The third-order valence-electron chi connectivity index (χ3n) is 5.89. The number of benzene rings is 1. The molecule has 0 amide bonds. The maximum atomic E-state index is 6.27. The average Bonchev–Trinajstić information content (AvgIpc) is 3.18. The van der Waals surface area contributed by atoms with Gasteiger partial charge in [0, 0.05) is 37.6 Å². The van der Waals surface area contributed by atoms with E-state index < -0.39 is 0 Å². The van der Waals surface area contributed by atoms with Crippen molar-refractivity contribution in [1.29, 1.82) is 0 Å². The van der Waals surface area contributed by atoms with Crippen LogP contribution < -0.4 is 29.7 Å². The van der Waals surface area contributed by atoms with Gasteiger partial charge in [0.1, 0.15) is 11.6 Å². The molecule has 2 aliphatic heterocycles. The van der Waals surface area contributed by atoms with Crippen LogP contribution in [0, 0.1) is 0 Å². The molecule has 176 valence electrons. The van der Waals surface area contributed by atoms with Gasteiger partial charge in [-0.1, -0.05) is 0 Å². The summed E-state index contributed by atoms with van der Waals surface area (Å²) in [6, 6.07) is 11.4. The van der Waals surface area contributed by atoms with E-state index >= 15 is 0 Å². The number of aromatic nitrogens is 4. The molecule has 0 radical (unpaired) electrons. The zero-order valence-electron chi connectivity index (χ0n) is 19.5. The summed E-state index contributed by atoms with van der Waals surface area (Å²) in [6.45, 7) is 5.54. The molecule has 1 aliphatic carbocycles. The van der Waals surface area contributed by atoms with E-state index in [1.54, 1.807) is 20.3 Å². The number of rotatable bonds is 6. The maximum absolute atomic E-state index is 6.27. The number of hydrogen-bond acceptors (Lipinski definition) is 10. The van der Waals surface area contributed by atoms with Gasteiger partial charge in [-0.05, 0) is 37.3 Å². The van der Waals surface area contributed by atoms with E-state index in [9.17, 15) is 0 Å². The standard InChI is InChI=1S/C24H27N7O3/c1-4-34-15-5-7-17-18(8-6-15)27-23(26-17)30-9-11-31(12-10-30)24-28-19-14-21(33-3)20(32-2)13-16(19)22(25)29-24/h5-8,13-14H,4,9-12H2,1-3H3,(H2,25,28,29). The first-order chi connectivity index (χ1) is 16.6. The number of imidazole rings is 1. The van der Waals surface area contributed by atoms with E-state index in [1.165, 1.54) is 0 Å². The van der Waals surface area contributed by atoms with Crippen molar-refractivity contribution in [3.05, 3.63) is 36.4 Å². The first kappa shape index (κ1) is 21.7. The molecule has 3 heterocycles. The molecular weight excluding hydrogens is 434 g/mol. The van der Waals surface area contributed by atoms with Gasteiger partial charge in [-0.25, -0.2) is 15.0 Å². The fourth-order valence-electron chi connectivity index (χ4n) is 4.10. The molecule has 10 nitrogen and oxygen atoms in total. The van der Waals surface area contributed by atoms with Crippen LogP contribution in [0.25, 0.3) is 22.3 Å². The van der Waals surface area contributed by atoms with Gasteiger partial charge in [0.2, 0.25) is 11.9 Å². The average molecular weight is 462 g/mol. The summed E-state index contributed by atoms with van der Waals surface area (Å²) in [7, 11) is 3.19. The monoisotopic (exact) mass is 461 g/mol. The fraction of sp³-hybridized carbons (Fsp3) is 0.333. The van der Waals surface area contributed by atoms with Gasteiger partial charge in [-0.15, -0.1) is 0 Å². The molecule has 5 rings (SSSR count). The lowest BCUT2D eigenvalue weighted by Crippen LogP contribution is -2.47. The quantitative estimate of drug-likeness (QED) is 0.460. The van der Waals surface area contributed by atoms with Crippen LogP contribution in [-0.2, 0) is 0 Å². The second-order valence-electron chi connectivity index (χ2n) is 7.90. The zero-order valence-corrected chi connectivity index (χ0v) is 19.5. The van der Waals surface area contributed by atoms with Crippen LogP contribution in [0.1, 0.15) is 6.92 Å². The molecule has 0 spiro atoms. The molecule has 34 heavy (non-hydrogen) atoms. The summed E-state index contributed by atoms with van der Waals surface area (Å²) in [5.41, 5.74) is 8.67. The van der Waals surface area contributed by atoms with Crippen molar-refractivity contribution in [2.75, 3.05) is 62.5 Å². The van der Waals surface area contributed by atoms with Crippen LogP contribution in [0.2, 0.25) is 0 Å². The number of methoxy groups -OCH3 is 2. The summed E-state index contributed by atoms with van der Waals surface area (Å²) in [5, 5.41) is 0.734. The third kappa shape index (κ3) is 4.02. The van der Waals surface area contributed by atoms with Crippen LogP contribution in [0.3, 0.4) is 0 Å². The summed E-state index contributed by atoms with van der Waals surface area (Å²) in [4.78, 5) is 23.1. The van der Waals surface area contributed by atoms with Crippen LogP contribution in [0.4, 0.5) is 17.7 Å². The van der Waals surface area contributed by atoms with E-state index in [1.807, 2.05) is 37.3 Å². The number of nitrogen functional groups attached to an aromatic ring is 1. The first-order valence-electron chi connectivity index (χ1n) is 11.2. The molecule has 0 saturated carbocycles. The number of anilines is 3. The molecule has 2 N–H and O–H groups in total.